The Balaban J connectivity index is 1.39. The Bertz CT molecular complexity index is 1510. The molecule has 5 rings (SSSR count). The summed E-state index contributed by atoms with van der Waals surface area (Å²) >= 11 is 6.41. The van der Waals surface area contributed by atoms with E-state index >= 15 is 0 Å². The molecule has 1 aromatic heterocycles. The molecule has 3 aromatic rings. The van der Waals surface area contributed by atoms with E-state index in [9.17, 15) is 24.8 Å². The molecular formula is C29H30ClN5O6. The summed E-state index contributed by atoms with van der Waals surface area (Å²) in [7, 11) is 0. The number of nitrogens with zero attached hydrogens (tertiary/aromatic N) is 3. The van der Waals surface area contributed by atoms with Gasteiger partial charge in [0.1, 0.15) is 6.10 Å². The van der Waals surface area contributed by atoms with Crippen LogP contribution < -0.4 is 5.32 Å². The number of carbonyl (C=O) groups is 3. The summed E-state index contributed by atoms with van der Waals surface area (Å²) in [5, 5.41) is 30.4. The molecule has 0 radical (unpaired) electrons. The molecular weight excluding hydrogens is 550 g/mol. The number of H-pyrrole nitrogens is 1. The van der Waals surface area contributed by atoms with Gasteiger partial charge in [-0.15, -0.1) is 0 Å². The Morgan fingerprint density at radius 1 is 1.22 bits per heavy atom. The number of aromatic nitrogens is 2. The first-order chi connectivity index (χ1) is 19.8. The molecule has 2 unspecified atom stereocenters. The fourth-order valence-corrected chi connectivity index (χ4v) is 5.92. The van der Waals surface area contributed by atoms with E-state index in [1.54, 1.807) is 31.2 Å². The van der Waals surface area contributed by atoms with Crippen molar-refractivity contribution in [3.05, 3.63) is 47.0 Å². The number of halogens is 1. The van der Waals surface area contributed by atoms with Crippen molar-refractivity contribution < 1.29 is 29.0 Å². The highest BCUT2D eigenvalue weighted by molar-refractivity contribution is 6.33. The lowest BCUT2D eigenvalue weighted by molar-refractivity contribution is -0.162. The number of carboxylic acid groups (broad SMARTS) is 1. The van der Waals surface area contributed by atoms with Crippen molar-refractivity contribution >= 4 is 46.3 Å². The molecule has 2 saturated heterocycles. The zero-order valence-electron chi connectivity index (χ0n) is 22.4. The van der Waals surface area contributed by atoms with Crippen molar-refractivity contribution in [2.75, 3.05) is 25.1 Å². The van der Waals surface area contributed by atoms with E-state index in [1.807, 2.05) is 12.1 Å². The molecule has 2 aromatic carbocycles. The lowest BCUT2D eigenvalue weighted by Gasteiger charge is -2.41. The van der Waals surface area contributed by atoms with Gasteiger partial charge in [0.25, 0.3) is 0 Å². The van der Waals surface area contributed by atoms with Gasteiger partial charge in [-0.1, -0.05) is 17.7 Å². The first-order valence-electron chi connectivity index (χ1n) is 13.5. The highest BCUT2D eigenvalue weighted by Crippen LogP contribution is 2.34. The van der Waals surface area contributed by atoms with E-state index < -0.39 is 36.0 Å². The number of ether oxygens (including phenoxy) is 2. The minimum absolute atomic E-state index is 0.236. The third kappa shape index (κ3) is 5.99. The Labute approximate surface area is 241 Å². The summed E-state index contributed by atoms with van der Waals surface area (Å²) in [5.74, 6) is -1.63. The topological polar surface area (TPSA) is 158 Å². The van der Waals surface area contributed by atoms with Crippen LogP contribution in [0.15, 0.2) is 36.4 Å². The van der Waals surface area contributed by atoms with Crippen LogP contribution in [0.3, 0.4) is 0 Å². The number of hydrogen-bond acceptors (Lipinski definition) is 7. The predicted octanol–water partition coefficient (Wildman–Crippen LogP) is 4.81. The molecule has 0 saturated carbocycles. The number of piperidine rings is 1. The van der Waals surface area contributed by atoms with Crippen molar-refractivity contribution in [1.82, 2.24) is 15.1 Å². The van der Waals surface area contributed by atoms with Crippen LogP contribution in [0.5, 0.6) is 0 Å². The van der Waals surface area contributed by atoms with Crippen molar-refractivity contribution in [3.8, 4) is 17.2 Å². The third-order valence-electron chi connectivity index (χ3n) is 7.82. The molecule has 0 spiro atoms. The molecule has 2 fully saturated rings. The van der Waals surface area contributed by atoms with Gasteiger partial charge < -0.3 is 24.8 Å². The van der Waals surface area contributed by atoms with Gasteiger partial charge in [0.15, 0.2) is 5.82 Å². The smallest absolute Gasteiger partial charge is 0.407 e. The molecule has 214 valence electrons. The van der Waals surface area contributed by atoms with Gasteiger partial charge in [-0.25, -0.2) is 4.79 Å². The highest BCUT2D eigenvalue weighted by atomic mass is 35.5. The van der Waals surface area contributed by atoms with Gasteiger partial charge in [0.05, 0.1) is 35.0 Å². The number of amides is 2. The van der Waals surface area contributed by atoms with Crippen molar-refractivity contribution in [2.45, 2.75) is 44.8 Å². The number of rotatable bonds is 6. The monoisotopic (exact) mass is 579 g/mol. The van der Waals surface area contributed by atoms with Gasteiger partial charge in [0.2, 0.25) is 5.91 Å². The number of nitrogens with one attached hydrogen (secondary N) is 2. The predicted molar refractivity (Wildman–Crippen MR) is 150 cm³/mol. The second-order valence-electron chi connectivity index (χ2n) is 10.4. The fourth-order valence-electron chi connectivity index (χ4n) is 5.69. The zero-order chi connectivity index (χ0) is 29.1. The number of fused-ring (bicyclic) bond motifs is 1. The van der Waals surface area contributed by atoms with Crippen LogP contribution in [0.2, 0.25) is 5.02 Å². The lowest BCUT2D eigenvalue weighted by Crippen LogP contribution is -2.57. The van der Waals surface area contributed by atoms with Crippen LogP contribution >= 0.6 is 11.6 Å². The summed E-state index contributed by atoms with van der Waals surface area (Å²) in [6, 6.07) is 11.7. The van der Waals surface area contributed by atoms with Crippen molar-refractivity contribution in [1.29, 1.82) is 5.26 Å². The number of likely N-dealkylation sites (tertiary alicyclic amines) is 1. The molecule has 0 aliphatic carbocycles. The molecule has 3 N–H and O–H groups in total. The van der Waals surface area contributed by atoms with Gasteiger partial charge in [0, 0.05) is 35.7 Å². The van der Waals surface area contributed by atoms with Crippen LogP contribution in [-0.4, -0.2) is 70.1 Å². The summed E-state index contributed by atoms with van der Waals surface area (Å²) in [4.78, 5) is 39.9. The number of benzene rings is 2. The molecule has 41 heavy (non-hydrogen) atoms. The molecule has 2 aliphatic rings. The van der Waals surface area contributed by atoms with Crippen LogP contribution in [0.4, 0.5) is 10.6 Å². The first-order valence-corrected chi connectivity index (χ1v) is 13.9. The maximum atomic E-state index is 13.7. The average molecular weight is 580 g/mol. The van der Waals surface area contributed by atoms with Gasteiger partial charge in [-0.2, -0.15) is 10.4 Å². The standard InChI is InChI=1S/C29H30ClN5O6/c1-16(41-28(37)18-8-11-40-12-9-18)25-20(3-2-10-35(25)29(38)39)27(36)32-26-22-14-19(5-7-24(22)33-34-26)21-13-17(15-31)4-6-23(21)30/h4-7,13-14,16,18,20,25H,2-3,8-12H2,1H3,(H,38,39)(H2,32,33,34,36)/t16?,20-,25?/m1/s1. The first kappa shape index (κ1) is 28.4. The molecule has 12 heteroatoms. The van der Waals surface area contributed by atoms with Crippen molar-refractivity contribution in [3.63, 3.8) is 0 Å². The Hall–Kier alpha value is -4.14. The van der Waals surface area contributed by atoms with E-state index in [-0.39, 0.29) is 18.3 Å². The minimum atomic E-state index is -1.17. The minimum Gasteiger partial charge on any atom is -0.465 e. The van der Waals surface area contributed by atoms with Gasteiger partial charge >= 0.3 is 12.1 Å². The Morgan fingerprint density at radius 2 is 2.00 bits per heavy atom. The number of carbonyl (C=O) groups excluding carboxylic acids is 2. The zero-order valence-corrected chi connectivity index (χ0v) is 23.2. The van der Waals surface area contributed by atoms with Crippen LogP contribution in [0, 0.1) is 23.2 Å². The maximum absolute atomic E-state index is 13.7. The number of aromatic amines is 1. The Morgan fingerprint density at radius 3 is 2.73 bits per heavy atom. The number of esters is 1. The molecule has 2 aliphatic heterocycles. The van der Waals surface area contributed by atoms with Gasteiger partial charge in [-0.05, 0) is 68.5 Å². The van der Waals surface area contributed by atoms with E-state index in [2.05, 4.69) is 21.6 Å². The number of hydrogen-bond donors (Lipinski definition) is 3. The van der Waals surface area contributed by atoms with E-state index in [1.165, 1.54) is 4.90 Å². The molecule has 2 amide bonds. The second-order valence-corrected chi connectivity index (χ2v) is 10.8. The van der Waals surface area contributed by atoms with Crippen LogP contribution in [-0.2, 0) is 19.1 Å². The van der Waals surface area contributed by atoms with Crippen LogP contribution in [0.25, 0.3) is 22.0 Å². The van der Waals surface area contributed by atoms with E-state index in [0.29, 0.717) is 65.9 Å². The molecule has 0 bridgehead atoms. The lowest BCUT2D eigenvalue weighted by atomic mass is 9.85. The fraction of sp³-hybridized carbons (Fsp3) is 0.414. The summed E-state index contributed by atoms with van der Waals surface area (Å²) < 4.78 is 11.1. The SMILES string of the molecule is CC(OC(=O)C1CCOCC1)C1[C@H](C(=O)Nc2n[nH]c3ccc(-c4cc(C#N)ccc4Cl)cc23)CCCN1C(=O)O. The van der Waals surface area contributed by atoms with E-state index in [0.717, 1.165) is 5.56 Å². The summed E-state index contributed by atoms with van der Waals surface area (Å²) in [5.41, 5.74) is 2.53. The van der Waals surface area contributed by atoms with Crippen LogP contribution in [0.1, 0.15) is 38.2 Å². The second kappa shape index (κ2) is 12.2. The number of anilines is 1. The average Bonchev–Trinajstić information content (AvgIpc) is 3.39. The van der Waals surface area contributed by atoms with E-state index in [4.69, 9.17) is 21.1 Å². The normalized spacial score (nSPS) is 20.3. The quantitative estimate of drug-likeness (QED) is 0.351. The molecule has 3 heterocycles. The summed E-state index contributed by atoms with van der Waals surface area (Å²) in [6.45, 7) is 2.82. The highest BCUT2D eigenvalue weighted by Gasteiger charge is 2.44. The Kier molecular flexibility index (Phi) is 8.42. The number of nitriles is 1. The molecule has 11 nitrogen and oxygen atoms in total. The molecule has 3 atom stereocenters. The summed E-state index contributed by atoms with van der Waals surface area (Å²) in [6.07, 6.45) is -0.0153. The van der Waals surface area contributed by atoms with Crippen molar-refractivity contribution in [2.24, 2.45) is 11.8 Å². The maximum Gasteiger partial charge on any atom is 0.407 e. The van der Waals surface area contributed by atoms with Gasteiger partial charge in [-0.3, -0.25) is 14.7 Å². The largest absolute Gasteiger partial charge is 0.465 e. The third-order valence-corrected chi connectivity index (χ3v) is 8.15.